The third kappa shape index (κ3) is 1.30. The van der Waals surface area contributed by atoms with Gasteiger partial charge in [-0.1, -0.05) is 0 Å². The summed E-state index contributed by atoms with van der Waals surface area (Å²) in [5, 5.41) is 7.72. The molecule has 0 aliphatic rings. The summed E-state index contributed by atoms with van der Waals surface area (Å²) in [4.78, 5) is 12.5. The molecule has 1 rings (SSSR count). The van der Waals surface area contributed by atoms with Crippen LogP contribution in [0.5, 0.6) is 0 Å². The van der Waals surface area contributed by atoms with E-state index < -0.39 is 5.54 Å². The number of methoxy groups -OCH3 is 1. The molecule has 0 aliphatic heterocycles. The van der Waals surface area contributed by atoms with Crippen LogP contribution in [-0.2, 0) is 15.1 Å². The first-order chi connectivity index (χ1) is 5.59. The first-order valence-electron chi connectivity index (χ1n) is 3.54. The summed E-state index contributed by atoms with van der Waals surface area (Å²) in [5.74, 6) is -0.362. The van der Waals surface area contributed by atoms with Crippen molar-refractivity contribution in [2.45, 2.75) is 19.4 Å². The highest BCUT2D eigenvalue weighted by Gasteiger charge is 2.32. The van der Waals surface area contributed by atoms with Crippen LogP contribution >= 0.6 is 0 Å². The molecule has 0 radical (unpaired) electrons. The van der Waals surface area contributed by atoms with Crippen LogP contribution in [0.4, 0.5) is 0 Å². The maximum atomic E-state index is 11.2. The summed E-state index contributed by atoms with van der Waals surface area (Å²) in [6.45, 7) is 3.39. The molecule has 1 aromatic rings. The van der Waals surface area contributed by atoms with Crippen LogP contribution in [0.15, 0.2) is 12.4 Å². The fourth-order valence-electron chi connectivity index (χ4n) is 0.836. The SMILES string of the molecule is COC(=O)C(C)(C)n1nccn1. The molecule has 0 fully saturated rings. The van der Waals surface area contributed by atoms with E-state index in [1.165, 1.54) is 24.3 Å². The van der Waals surface area contributed by atoms with E-state index in [9.17, 15) is 4.79 Å². The van der Waals surface area contributed by atoms with E-state index in [0.29, 0.717) is 0 Å². The zero-order chi connectivity index (χ0) is 9.19. The van der Waals surface area contributed by atoms with Crippen molar-refractivity contribution >= 4 is 5.97 Å². The summed E-state index contributed by atoms with van der Waals surface area (Å²) in [7, 11) is 1.34. The summed E-state index contributed by atoms with van der Waals surface area (Å²) in [5.41, 5.74) is -0.835. The van der Waals surface area contributed by atoms with Crippen LogP contribution in [0.25, 0.3) is 0 Å². The minimum Gasteiger partial charge on any atom is -0.467 e. The van der Waals surface area contributed by atoms with Gasteiger partial charge in [0, 0.05) is 0 Å². The zero-order valence-corrected chi connectivity index (χ0v) is 7.31. The van der Waals surface area contributed by atoms with E-state index >= 15 is 0 Å². The lowest BCUT2D eigenvalue weighted by atomic mass is 10.1. The molecule has 66 valence electrons. The van der Waals surface area contributed by atoms with Gasteiger partial charge in [-0.15, -0.1) is 0 Å². The molecule has 0 amide bonds. The van der Waals surface area contributed by atoms with Crippen LogP contribution in [0.1, 0.15) is 13.8 Å². The average Bonchev–Trinajstić information content (AvgIpc) is 2.55. The third-order valence-corrected chi connectivity index (χ3v) is 1.60. The van der Waals surface area contributed by atoms with Crippen molar-refractivity contribution in [2.75, 3.05) is 7.11 Å². The number of rotatable bonds is 2. The maximum Gasteiger partial charge on any atom is 0.335 e. The highest BCUT2D eigenvalue weighted by atomic mass is 16.5. The molecule has 5 nitrogen and oxygen atoms in total. The highest BCUT2D eigenvalue weighted by molar-refractivity contribution is 5.77. The lowest BCUT2D eigenvalue weighted by Gasteiger charge is -2.19. The quantitative estimate of drug-likeness (QED) is 0.593. The standard InChI is InChI=1S/C7H11N3O2/c1-7(2,6(11)12-3)10-8-4-5-9-10/h4-5H,1-3H3. The van der Waals surface area contributed by atoms with Gasteiger partial charge < -0.3 is 4.74 Å². The summed E-state index contributed by atoms with van der Waals surface area (Å²) < 4.78 is 4.60. The van der Waals surface area contributed by atoms with Gasteiger partial charge in [-0.3, -0.25) is 0 Å². The number of carbonyl (C=O) groups is 1. The van der Waals surface area contributed by atoms with E-state index in [2.05, 4.69) is 14.9 Å². The number of aromatic nitrogens is 3. The van der Waals surface area contributed by atoms with Crippen molar-refractivity contribution in [2.24, 2.45) is 0 Å². The Morgan fingerprint density at radius 2 is 1.92 bits per heavy atom. The topological polar surface area (TPSA) is 57.0 Å². The number of carbonyl (C=O) groups excluding carboxylic acids is 1. The monoisotopic (exact) mass is 169 g/mol. The van der Waals surface area contributed by atoms with Crippen LogP contribution < -0.4 is 0 Å². The Morgan fingerprint density at radius 1 is 1.42 bits per heavy atom. The van der Waals surface area contributed by atoms with Crippen molar-refractivity contribution in [3.8, 4) is 0 Å². The van der Waals surface area contributed by atoms with Gasteiger partial charge in [-0.25, -0.2) is 4.79 Å². The van der Waals surface area contributed by atoms with Crippen LogP contribution in [-0.4, -0.2) is 28.1 Å². The van der Waals surface area contributed by atoms with Crippen molar-refractivity contribution in [3.05, 3.63) is 12.4 Å². The van der Waals surface area contributed by atoms with Crippen LogP contribution in [0.3, 0.4) is 0 Å². The van der Waals surface area contributed by atoms with Crippen molar-refractivity contribution in [3.63, 3.8) is 0 Å². The predicted octanol–water partition coefficient (Wildman–Crippen LogP) is 0.186. The molecule has 0 spiro atoms. The number of hydrogen-bond donors (Lipinski definition) is 0. The van der Waals surface area contributed by atoms with Crippen molar-refractivity contribution in [1.82, 2.24) is 15.0 Å². The molecule has 0 saturated heterocycles. The van der Waals surface area contributed by atoms with Gasteiger partial charge in [-0.05, 0) is 13.8 Å². The van der Waals surface area contributed by atoms with E-state index in [-0.39, 0.29) is 5.97 Å². The smallest absolute Gasteiger partial charge is 0.335 e. The Kier molecular flexibility index (Phi) is 2.12. The first-order valence-corrected chi connectivity index (χ1v) is 3.54. The van der Waals surface area contributed by atoms with Crippen molar-refractivity contribution < 1.29 is 9.53 Å². The highest BCUT2D eigenvalue weighted by Crippen LogP contribution is 2.12. The second-order valence-electron chi connectivity index (χ2n) is 2.87. The molecule has 0 atom stereocenters. The van der Waals surface area contributed by atoms with Crippen LogP contribution in [0, 0.1) is 0 Å². The summed E-state index contributed by atoms with van der Waals surface area (Å²) >= 11 is 0. The third-order valence-electron chi connectivity index (χ3n) is 1.60. The maximum absolute atomic E-state index is 11.2. The summed E-state index contributed by atoms with van der Waals surface area (Å²) in [6, 6.07) is 0. The predicted molar refractivity (Wildman–Crippen MR) is 41.4 cm³/mol. The Bertz CT molecular complexity index is 266. The number of ether oxygens (including phenoxy) is 1. The average molecular weight is 169 g/mol. The molecule has 0 bridgehead atoms. The molecule has 0 N–H and O–H groups in total. The van der Waals surface area contributed by atoms with Gasteiger partial charge in [0.15, 0.2) is 5.54 Å². The van der Waals surface area contributed by atoms with Crippen LogP contribution in [0.2, 0.25) is 0 Å². The normalized spacial score (nSPS) is 11.2. The van der Waals surface area contributed by atoms with E-state index in [4.69, 9.17) is 0 Å². The minimum atomic E-state index is -0.835. The molecule has 0 aliphatic carbocycles. The Labute approximate surface area is 70.3 Å². The lowest BCUT2D eigenvalue weighted by molar-refractivity contribution is -0.150. The Hall–Kier alpha value is -1.39. The van der Waals surface area contributed by atoms with Gasteiger partial charge >= 0.3 is 5.97 Å². The molecule has 1 heterocycles. The minimum absolute atomic E-state index is 0.362. The number of esters is 1. The molecule has 5 heteroatoms. The molecular formula is C7H11N3O2. The molecule has 0 unspecified atom stereocenters. The van der Waals surface area contributed by atoms with E-state index in [1.807, 2.05) is 0 Å². The molecule has 12 heavy (non-hydrogen) atoms. The molecule has 0 aromatic carbocycles. The van der Waals surface area contributed by atoms with Gasteiger partial charge in [0.25, 0.3) is 0 Å². The Balaban J connectivity index is 2.93. The van der Waals surface area contributed by atoms with E-state index in [0.717, 1.165) is 0 Å². The first kappa shape index (κ1) is 8.70. The second kappa shape index (κ2) is 2.92. The van der Waals surface area contributed by atoms with E-state index in [1.54, 1.807) is 13.8 Å². The lowest BCUT2D eigenvalue weighted by Crippen LogP contribution is -2.38. The molecule has 1 aromatic heterocycles. The number of nitrogens with zero attached hydrogens (tertiary/aromatic N) is 3. The van der Waals surface area contributed by atoms with Gasteiger partial charge in [0.2, 0.25) is 0 Å². The van der Waals surface area contributed by atoms with Gasteiger partial charge in [-0.2, -0.15) is 15.0 Å². The van der Waals surface area contributed by atoms with Crippen molar-refractivity contribution in [1.29, 1.82) is 0 Å². The fraction of sp³-hybridized carbons (Fsp3) is 0.571. The number of hydrogen-bond acceptors (Lipinski definition) is 4. The van der Waals surface area contributed by atoms with Gasteiger partial charge in [0.1, 0.15) is 0 Å². The van der Waals surface area contributed by atoms with Gasteiger partial charge in [0.05, 0.1) is 19.5 Å². The second-order valence-corrected chi connectivity index (χ2v) is 2.87. The zero-order valence-electron chi connectivity index (χ0n) is 7.31. The largest absolute Gasteiger partial charge is 0.467 e. The summed E-state index contributed by atoms with van der Waals surface area (Å²) in [6.07, 6.45) is 3.04. The Morgan fingerprint density at radius 3 is 2.33 bits per heavy atom. The fourth-order valence-corrected chi connectivity index (χ4v) is 0.836. The molecule has 0 saturated carbocycles. The molecular weight excluding hydrogens is 158 g/mol.